The summed E-state index contributed by atoms with van der Waals surface area (Å²) in [6.45, 7) is 0. The zero-order valence-electron chi connectivity index (χ0n) is 11.2. The minimum absolute atomic E-state index is 0.118. The molecule has 0 radical (unpaired) electrons. The lowest BCUT2D eigenvalue weighted by Gasteiger charge is -2.11. The molecule has 1 N–H and O–H groups in total. The highest BCUT2D eigenvalue weighted by Crippen LogP contribution is 2.33. The fourth-order valence-corrected chi connectivity index (χ4v) is 2.09. The van der Waals surface area contributed by atoms with E-state index in [9.17, 15) is 20.2 Å². The van der Waals surface area contributed by atoms with Gasteiger partial charge in [-0.2, -0.15) is 5.26 Å². The number of rotatable bonds is 3. The van der Waals surface area contributed by atoms with Gasteiger partial charge in [0.25, 0.3) is 11.6 Å². The highest BCUT2D eigenvalue weighted by molar-refractivity contribution is 6.03. The number of nitrogens with one attached hydrogen (secondary N) is 1. The molecule has 0 fully saturated rings. The summed E-state index contributed by atoms with van der Waals surface area (Å²) in [6.07, 6.45) is 0. The van der Waals surface area contributed by atoms with E-state index in [1.165, 1.54) is 19.2 Å². The second kappa shape index (κ2) is 5.84. The first-order valence-electron chi connectivity index (χ1n) is 6.09. The van der Waals surface area contributed by atoms with Crippen molar-refractivity contribution >= 4 is 11.6 Å². The molecule has 0 bridgehead atoms. The molecule has 0 unspecified atom stereocenters. The molecular formula is C15H11N3O3. The molecule has 1 amide bonds. The van der Waals surface area contributed by atoms with Crippen LogP contribution in [-0.4, -0.2) is 17.9 Å². The zero-order chi connectivity index (χ0) is 15.4. The lowest BCUT2D eigenvalue weighted by atomic mass is 9.93. The van der Waals surface area contributed by atoms with E-state index >= 15 is 0 Å². The summed E-state index contributed by atoms with van der Waals surface area (Å²) in [7, 11) is 1.46. The van der Waals surface area contributed by atoms with Gasteiger partial charge in [0.15, 0.2) is 0 Å². The van der Waals surface area contributed by atoms with E-state index in [4.69, 9.17) is 0 Å². The minimum Gasteiger partial charge on any atom is -0.355 e. The smallest absolute Gasteiger partial charge is 0.287 e. The van der Waals surface area contributed by atoms with Gasteiger partial charge < -0.3 is 5.32 Å². The fraction of sp³-hybridized carbons (Fsp3) is 0.0667. The highest BCUT2D eigenvalue weighted by Gasteiger charge is 2.24. The molecule has 21 heavy (non-hydrogen) atoms. The first-order chi connectivity index (χ1) is 10.1. The predicted octanol–water partition coefficient (Wildman–Crippen LogP) is 2.49. The third kappa shape index (κ3) is 2.58. The number of benzene rings is 2. The highest BCUT2D eigenvalue weighted by atomic mass is 16.6. The molecule has 0 spiro atoms. The second-order valence-electron chi connectivity index (χ2n) is 4.20. The van der Waals surface area contributed by atoms with Crippen molar-refractivity contribution in [1.29, 1.82) is 5.26 Å². The average molecular weight is 281 g/mol. The Morgan fingerprint density at radius 2 is 1.90 bits per heavy atom. The third-order valence-corrected chi connectivity index (χ3v) is 3.03. The molecule has 2 rings (SSSR count). The summed E-state index contributed by atoms with van der Waals surface area (Å²) in [4.78, 5) is 22.4. The number of carbonyl (C=O) groups is 1. The first kappa shape index (κ1) is 14.2. The van der Waals surface area contributed by atoms with E-state index in [0.29, 0.717) is 5.56 Å². The number of nitrogens with zero attached hydrogens (tertiary/aromatic N) is 2. The fourth-order valence-electron chi connectivity index (χ4n) is 2.09. The van der Waals surface area contributed by atoms with Crippen molar-refractivity contribution in [1.82, 2.24) is 5.32 Å². The lowest BCUT2D eigenvalue weighted by molar-refractivity contribution is -0.385. The third-order valence-electron chi connectivity index (χ3n) is 3.03. The maximum absolute atomic E-state index is 12.0. The Morgan fingerprint density at radius 3 is 2.43 bits per heavy atom. The Hall–Kier alpha value is -3.20. The molecule has 0 aliphatic rings. The van der Waals surface area contributed by atoms with Crippen molar-refractivity contribution in [2.24, 2.45) is 0 Å². The molecule has 2 aromatic rings. The van der Waals surface area contributed by atoms with Gasteiger partial charge in [0.1, 0.15) is 11.6 Å². The molecule has 0 aliphatic heterocycles. The van der Waals surface area contributed by atoms with Gasteiger partial charge in [0.05, 0.1) is 4.92 Å². The van der Waals surface area contributed by atoms with Crippen LogP contribution in [0, 0.1) is 21.4 Å². The van der Waals surface area contributed by atoms with E-state index < -0.39 is 10.8 Å². The number of nitro benzene ring substituents is 1. The molecule has 104 valence electrons. The molecule has 0 heterocycles. The monoisotopic (exact) mass is 281 g/mol. The Bertz CT molecular complexity index is 749. The SMILES string of the molecule is CNC(=O)c1ccc([N+](=O)[O-])c(C#N)c1-c1ccccc1. The average Bonchev–Trinajstić information content (AvgIpc) is 2.53. The number of hydrogen-bond acceptors (Lipinski definition) is 4. The van der Waals surface area contributed by atoms with E-state index in [2.05, 4.69) is 5.32 Å². The van der Waals surface area contributed by atoms with Crippen LogP contribution in [0.5, 0.6) is 0 Å². The number of amides is 1. The molecule has 0 aromatic heterocycles. The molecule has 6 heteroatoms. The van der Waals surface area contributed by atoms with Crippen LogP contribution in [0.15, 0.2) is 42.5 Å². The second-order valence-corrected chi connectivity index (χ2v) is 4.20. The van der Waals surface area contributed by atoms with Gasteiger partial charge in [0, 0.05) is 24.2 Å². The van der Waals surface area contributed by atoms with Crippen molar-refractivity contribution in [2.75, 3.05) is 7.05 Å². The lowest BCUT2D eigenvalue weighted by Crippen LogP contribution is -2.19. The quantitative estimate of drug-likeness (QED) is 0.690. The van der Waals surface area contributed by atoms with Crippen LogP contribution in [0.25, 0.3) is 11.1 Å². The van der Waals surface area contributed by atoms with Gasteiger partial charge in [0.2, 0.25) is 0 Å². The van der Waals surface area contributed by atoms with Crippen molar-refractivity contribution in [2.45, 2.75) is 0 Å². The van der Waals surface area contributed by atoms with Gasteiger partial charge in [-0.15, -0.1) is 0 Å². The summed E-state index contributed by atoms with van der Waals surface area (Å²) < 4.78 is 0. The number of nitriles is 1. The van der Waals surface area contributed by atoms with Crippen molar-refractivity contribution in [3.63, 3.8) is 0 Å². The largest absolute Gasteiger partial charge is 0.355 e. The van der Waals surface area contributed by atoms with Gasteiger partial charge in [-0.3, -0.25) is 14.9 Å². The van der Waals surface area contributed by atoms with Crippen molar-refractivity contribution in [3.8, 4) is 17.2 Å². The molecule has 0 atom stereocenters. The Kier molecular flexibility index (Phi) is 3.95. The van der Waals surface area contributed by atoms with Gasteiger partial charge in [-0.1, -0.05) is 30.3 Å². The van der Waals surface area contributed by atoms with E-state index in [1.807, 2.05) is 6.07 Å². The van der Waals surface area contributed by atoms with Crippen LogP contribution in [0.1, 0.15) is 15.9 Å². The van der Waals surface area contributed by atoms with E-state index in [-0.39, 0.29) is 22.4 Å². The molecule has 6 nitrogen and oxygen atoms in total. The number of carbonyl (C=O) groups excluding carboxylic acids is 1. The standard InChI is InChI=1S/C15H11N3O3/c1-17-15(19)11-7-8-13(18(20)21)12(9-16)14(11)10-5-3-2-4-6-10/h2-8H,1H3,(H,17,19). The topological polar surface area (TPSA) is 96.0 Å². The zero-order valence-corrected chi connectivity index (χ0v) is 11.2. The van der Waals surface area contributed by atoms with Crippen LogP contribution in [0.2, 0.25) is 0 Å². The van der Waals surface area contributed by atoms with Crippen molar-refractivity contribution in [3.05, 3.63) is 63.7 Å². The number of nitro groups is 1. The summed E-state index contributed by atoms with van der Waals surface area (Å²) in [5.41, 5.74) is 0.644. The molecule has 0 aliphatic carbocycles. The van der Waals surface area contributed by atoms with Crippen LogP contribution >= 0.6 is 0 Å². The van der Waals surface area contributed by atoms with Crippen LogP contribution in [0.4, 0.5) is 5.69 Å². The summed E-state index contributed by atoms with van der Waals surface area (Å²) >= 11 is 0. The maximum Gasteiger partial charge on any atom is 0.287 e. The first-order valence-corrected chi connectivity index (χ1v) is 6.09. The van der Waals surface area contributed by atoms with Gasteiger partial charge in [-0.05, 0) is 11.6 Å². The Labute approximate surface area is 120 Å². The summed E-state index contributed by atoms with van der Waals surface area (Å²) in [5.74, 6) is -0.403. The van der Waals surface area contributed by atoms with E-state index in [1.54, 1.807) is 30.3 Å². The molecule has 0 saturated heterocycles. The molecule has 2 aromatic carbocycles. The Balaban J connectivity index is 2.85. The molecule has 0 saturated carbocycles. The van der Waals surface area contributed by atoms with Gasteiger partial charge in [-0.25, -0.2) is 0 Å². The van der Waals surface area contributed by atoms with Gasteiger partial charge >= 0.3 is 0 Å². The van der Waals surface area contributed by atoms with E-state index in [0.717, 1.165) is 0 Å². The maximum atomic E-state index is 12.0. The molecular weight excluding hydrogens is 270 g/mol. The Morgan fingerprint density at radius 1 is 1.24 bits per heavy atom. The normalized spacial score (nSPS) is 9.71. The van der Waals surface area contributed by atoms with Crippen LogP contribution in [0.3, 0.4) is 0 Å². The van der Waals surface area contributed by atoms with Crippen molar-refractivity contribution < 1.29 is 9.72 Å². The van der Waals surface area contributed by atoms with Crippen LogP contribution < -0.4 is 5.32 Å². The number of hydrogen-bond donors (Lipinski definition) is 1. The summed E-state index contributed by atoms with van der Waals surface area (Å²) in [5, 5.41) is 22.8. The minimum atomic E-state index is -0.626. The predicted molar refractivity (Wildman–Crippen MR) is 76.6 cm³/mol. The summed E-state index contributed by atoms with van der Waals surface area (Å²) in [6, 6.07) is 13.0. The van der Waals surface area contributed by atoms with Crippen LogP contribution in [-0.2, 0) is 0 Å².